The second-order valence-electron chi connectivity index (χ2n) is 6.86. The Hall–Kier alpha value is -0.850. The molecule has 2 aliphatic heterocycles. The topological polar surface area (TPSA) is 44.8 Å². The predicted molar refractivity (Wildman–Crippen MR) is 109 cm³/mol. The first-order chi connectivity index (χ1) is 11.8. The largest absolute Gasteiger partial charge is 0.375 e. The standard InChI is InChI=1S/C19H29N3O2.2ClH/c1-20-13-17-8-5-9-22(17)19(23)12-18-15-21(10-11-24-18)14-16-6-3-2-4-7-16;;/h2-4,6-7,17-18,20H,5,8-15H2,1H3;2*1H. The molecule has 0 aromatic heterocycles. The minimum absolute atomic E-state index is 0. The molecule has 0 spiro atoms. The van der Waals surface area contributed by atoms with E-state index < -0.39 is 0 Å². The number of ether oxygens (including phenoxy) is 1. The fraction of sp³-hybridized carbons (Fsp3) is 0.632. The minimum atomic E-state index is 0. The summed E-state index contributed by atoms with van der Waals surface area (Å²) in [5.74, 6) is 0.249. The van der Waals surface area contributed by atoms with Gasteiger partial charge < -0.3 is 15.0 Å². The summed E-state index contributed by atoms with van der Waals surface area (Å²) in [7, 11) is 1.95. The summed E-state index contributed by atoms with van der Waals surface area (Å²) in [5, 5.41) is 3.20. The normalized spacial score (nSPS) is 23.2. The third-order valence-corrected chi connectivity index (χ3v) is 5.01. The van der Waals surface area contributed by atoms with E-state index in [9.17, 15) is 4.79 Å². The predicted octanol–water partition coefficient (Wildman–Crippen LogP) is 2.33. The van der Waals surface area contributed by atoms with Crippen LogP contribution in [0.3, 0.4) is 0 Å². The molecule has 2 heterocycles. The summed E-state index contributed by atoms with van der Waals surface area (Å²) < 4.78 is 5.87. The monoisotopic (exact) mass is 403 g/mol. The van der Waals surface area contributed by atoms with Gasteiger partial charge in [0.1, 0.15) is 0 Å². The smallest absolute Gasteiger partial charge is 0.225 e. The van der Waals surface area contributed by atoms with Crippen LogP contribution in [-0.4, -0.2) is 67.7 Å². The van der Waals surface area contributed by atoms with E-state index >= 15 is 0 Å². The Morgan fingerprint density at radius 2 is 2.00 bits per heavy atom. The number of likely N-dealkylation sites (N-methyl/N-ethyl adjacent to an activating group) is 1. The van der Waals surface area contributed by atoms with E-state index in [4.69, 9.17) is 4.74 Å². The van der Waals surface area contributed by atoms with Crippen molar-refractivity contribution in [2.45, 2.75) is 38.0 Å². The summed E-state index contributed by atoms with van der Waals surface area (Å²) >= 11 is 0. The number of carbonyl (C=O) groups excluding carboxylic acids is 1. The van der Waals surface area contributed by atoms with Crippen LogP contribution in [0.4, 0.5) is 0 Å². The molecule has 26 heavy (non-hydrogen) atoms. The van der Waals surface area contributed by atoms with Crippen LogP contribution in [0.2, 0.25) is 0 Å². The summed E-state index contributed by atoms with van der Waals surface area (Å²) in [4.78, 5) is 17.1. The van der Waals surface area contributed by atoms with E-state index in [1.54, 1.807) is 0 Å². The van der Waals surface area contributed by atoms with Gasteiger partial charge >= 0.3 is 0 Å². The van der Waals surface area contributed by atoms with E-state index in [0.717, 1.165) is 45.6 Å². The third-order valence-electron chi connectivity index (χ3n) is 5.01. The lowest BCUT2D eigenvalue weighted by molar-refractivity contribution is -0.137. The van der Waals surface area contributed by atoms with Crippen LogP contribution in [0.15, 0.2) is 30.3 Å². The summed E-state index contributed by atoms with van der Waals surface area (Å²) in [5.41, 5.74) is 1.32. The van der Waals surface area contributed by atoms with E-state index in [1.165, 1.54) is 5.56 Å². The maximum atomic E-state index is 12.7. The lowest BCUT2D eigenvalue weighted by Gasteiger charge is -2.34. The Bertz CT molecular complexity index is 533. The van der Waals surface area contributed by atoms with Gasteiger partial charge in [-0.05, 0) is 25.5 Å². The molecule has 5 nitrogen and oxygen atoms in total. The fourth-order valence-corrected chi connectivity index (χ4v) is 3.81. The van der Waals surface area contributed by atoms with Crippen LogP contribution < -0.4 is 5.32 Å². The maximum Gasteiger partial charge on any atom is 0.225 e. The third kappa shape index (κ3) is 6.39. The van der Waals surface area contributed by atoms with E-state index in [1.807, 2.05) is 13.1 Å². The van der Waals surface area contributed by atoms with Crippen molar-refractivity contribution in [2.24, 2.45) is 0 Å². The summed E-state index contributed by atoms with van der Waals surface area (Å²) in [6.45, 7) is 5.20. The number of nitrogens with one attached hydrogen (secondary N) is 1. The average molecular weight is 404 g/mol. The molecule has 0 saturated carbocycles. The molecule has 148 valence electrons. The molecule has 1 N–H and O–H groups in total. The highest BCUT2D eigenvalue weighted by Crippen LogP contribution is 2.20. The highest BCUT2D eigenvalue weighted by Gasteiger charge is 2.31. The maximum absolute atomic E-state index is 12.7. The molecule has 0 aliphatic carbocycles. The number of hydrogen-bond donors (Lipinski definition) is 1. The fourth-order valence-electron chi connectivity index (χ4n) is 3.81. The molecule has 7 heteroatoms. The zero-order chi connectivity index (χ0) is 16.8. The number of halogens is 2. The second kappa shape index (κ2) is 11.8. The van der Waals surface area contributed by atoms with Crippen molar-refractivity contribution in [1.29, 1.82) is 0 Å². The Morgan fingerprint density at radius 3 is 2.73 bits per heavy atom. The molecule has 0 radical (unpaired) electrons. The van der Waals surface area contributed by atoms with Crippen LogP contribution in [0.5, 0.6) is 0 Å². The second-order valence-corrected chi connectivity index (χ2v) is 6.86. The van der Waals surface area contributed by atoms with Crippen LogP contribution in [0.1, 0.15) is 24.8 Å². The highest BCUT2D eigenvalue weighted by molar-refractivity contribution is 5.85. The van der Waals surface area contributed by atoms with Crippen molar-refractivity contribution < 1.29 is 9.53 Å². The zero-order valence-corrected chi connectivity index (χ0v) is 17.1. The Labute approximate surface area is 169 Å². The molecule has 2 fully saturated rings. The van der Waals surface area contributed by atoms with E-state index in [2.05, 4.69) is 39.4 Å². The van der Waals surface area contributed by atoms with Gasteiger partial charge in [0.05, 0.1) is 19.1 Å². The lowest BCUT2D eigenvalue weighted by Crippen LogP contribution is -2.46. The van der Waals surface area contributed by atoms with Crippen molar-refractivity contribution in [3.05, 3.63) is 35.9 Å². The van der Waals surface area contributed by atoms with Crippen molar-refractivity contribution in [1.82, 2.24) is 15.1 Å². The first-order valence-corrected chi connectivity index (χ1v) is 9.08. The summed E-state index contributed by atoms with van der Waals surface area (Å²) in [6, 6.07) is 10.9. The first-order valence-electron chi connectivity index (χ1n) is 9.08. The Morgan fingerprint density at radius 1 is 1.23 bits per heavy atom. The van der Waals surface area contributed by atoms with Crippen LogP contribution in [-0.2, 0) is 16.1 Å². The molecule has 2 unspecified atom stereocenters. The van der Waals surface area contributed by atoms with Crippen LogP contribution in [0, 0.1) is 0 Å². The Kier molecular flexibility index (Phi) is 10.5. The van der Waals surface area contributed by atoms with Crippen molar-refractivity contribution >= 4 is 30.7 Å². The van der Waals surface area contributed by atoms with Gasteiger partial charge in [0.15, 0.2) is 0 Å². The lowest BCUT2D eigenvalue weighted by atomic mass is 10.1. The van der Waals surface area contributed by atoms with Gasteiger partial charge in [0.25, 0.3) is 0 Å². The molecular formula is C19H31Cl2N3O2. The minimum Gasteiger partial charge on any atom is -0.375 e. The number of rotatable bonds is 6. The zero-order valence-electron chi connectivity index (χ0n) is 15.4. The van der Waals surface area contributed by atoms with Gasteiger partial charge in [-0.25, -0.2) is 0 Å². The van der Waals surface area contributed by atoms with Gasteiger partial charge in [-0.15, -0.1) is 24.8 Å². The molecule has 1 amide bonds. The van der Waals surface area contributed by atoms with Gasteiger partial charge in [0, 0.05) is 38.8 Å². The number of likely N-dealkylation sites (tertiary alicyclic amines) is 1. The quantitative estimate of drug-likeness (QED) is 0.791. The molecule has 3 rings (SSSR count). The highest BCUT2D eigenvalue weighted by atomic mass is 35.5. The van der Waals surface area contributed by atoms with Gasteiger partial charge in [-0.2, -0.15) is 0 Å². The van der Waals surface area contributed by atoms with Crippen molar-refractivity contribution in [3.8, 4) is 0 Å². The molecule has 1 aromatic rings. The van der Waals surface area contributed by atoms with Gasteiger partial charge in [-0.1, -0.05) is 30.3 Å². The van der Waals surface area contributed by atoms with Crippen LogP contribution in [0.25, 0.3) is 0 Å². The molecule has 2 saturated heterocycles. The molecule has 2 atom stereocenters. The van der Waals surface area contributed by atoms with Gasteiger partial charge in [0.2, 0.25) is 5.91 Å². The molecular weight excluding hydrogens is 373 g/mol. The van der Waals surface area contributed by atoms with Crippen molar-refractivity contribution in [2.75, 3.05) is 39.8 Å². The Balaban J connectivity index is 0.00000169. The number of nitrogens with zero attached hydrogens (tertiary/aromatic N) is 2. The number of benzene rings is 1. The number of morpholine rings is 1. The molecule has 0 bridgehead atoms. The number of hydrogen-bond acceptors (Lipinski definition) is 4. The van der Waals surface area contributed by atoms with E-state index in [-0.39, 0.29) is 36.8 Å². The first kappa shape index (κ1) is 23.2. The SMILES string of the molecule is CNCC1CCCN1C(=O)CC1CN(Cc2ccccc2)CCO1.Cl.Cl. The van der Waals surface area contributed by atoms with Gasteiger partial charge in [-0.3, -0.25) is 9.69 Å². The molecule has 1 aromatic carbocycles. The summed E-state index contributed by atoms with van der Waals surface area (Å²) in [6.07, 6.45) is 2.75. The molecule has 2 aliphatic rings. The number of amides is 1. The van der Waals surface area contributed by atoms with Crippen LogP contribution >= 0.6 is 24.8 Å². The van der Waals surface area contributed by atoms with Crippen molar-refractivity contribution in [3.63, 3.8) is 0 Å². The number of carbonyl (C=O) groups is 1. The van der Waals surface area contributed by atoms with E-state index in [0.29, 0.717) is 19.1 Å². The average Bonchev–Trinajstić information content (AvgIpc) is 3.05.